The SMILES string of the molecule is CCOC(=O)c1ccc(CN2C(=O)C(O)=C(C(=O)c3ccco3)C2c2ccccn2)cc1. The standard InChI is InChI=1S/C24H20N2O6/c1-2-31-24(30)16-10-8-15(9-11-16)14-26-20(17-6-3-4-12-25-17)19(22(28)23(26)29)21(27)18-7-5-13-32-18/h3-13,20,28H,2,14H2,1H3. The Morgan fingerprint density at radius 2 is 1.91 bits per heavy atom. The van der Waals surface area contributed by atoms with Crippen molar-refractivity contribution in [2.45, 2.75) is 19.5 Å². The van der Waals surface area contributed by atoms with E-state index in [9.17, 15) is 19.5 Å². The third-order valence-corrected chi connectivity index (χ3v) is 5.08. The molecule has 0 fully saturated rings. The molecule has 1 aromatic carbocycles. The Kier molecular flexibility index (Phi) is 5.85. The molecule has 4 rings (SSSR count). The van der Waals surface area contributed by atoms with Crippen LogP contribution in [0.3, 0.4) is 0 Å². The molecule has 1 atom stereocenters. The number of pyridine rings is 1. The summed E-state index contributed by atoms with van der Waals surface area (Å²) in [6.45, 7) is 2.08. The second-order valence-corrected chi connectivity index (χ2v) is 7.08. The third-order valence-electron chi connectivity index (χ3n) is 5.08. The molecule has 3 aromatic rings. The number of aliphatic hydroxyl groups excluding tert-OH is 1. The van der Waals surface area contributed by atoms with Crippen molar-refractivity contribution in [1.29, 1.82) is 0 Å². The van der Waals surface area contributed by atoms with Gasteiger partial charge in [0.25, 0.3) is 5.91 Å². The lowest BCUT2D eigenvalue weighted by atomic mass is 9.98. The highest BCUT2D eigenvalue weighted by Crippen LogP contribution is 2.39. The summed E-state index contributed by atoms with van der Waals surface area (Å²) in [4.78, 5) is 43.6. The van der Waals surface area contributed by atoms with E-state index in [4.69, 9.17) is 9.15 Å². The fourth-order valence-electron chi connectivity index (χ4n) is 3.59. The molecule has 0 radical (unpaired) electrons. The maximum absolute atomic E-state index is 13.1. The molecule has 8 nitrogen and oxygen atoms in total. The zero-order valence-electron chi connectivity index (χ0n) is 17.2. The van der Waals surface area contributed by atoms with Gasteiger partial charge in [0.2, 0.25) is 5.78 Å². The minimum Gasteiger partial charge on any atom is -0.503 e. The number of carbonyl (C=O) groups excluding carboxylic acids is 3. The van der Waals surface area contributed by atoms with Crippen LogP contribution < -0.4 is 0 Å². The summed E-state index contributed by atoms with van der Waals surface area (Å²) >= 11 is 0. The van der Waals surface area contributed by atoms with Gasteiger partial charge >= 0.3 is 5.97 Å². The van der Waals surface area contributed by atoms with Crippen LogP contribution in [-0.2, 0) is 16.1 Å². The maximum Gasteiger partial charge on any atom is 0.338 e. The number of aliphatic hydroxyl groups is 1. The highest BCUT2D eigenvalue weighted by molar-refractivity contribution is 6.14. The summed E-state index contributed by atoms with van der Waals surface area (Å²) < 4.78 is 10.2. The van der Waals surface area contributed by atoms with Gasteiger partial charge in [0.15, 0.2) is 11.5 Å². The molecule has 3 heterocycles. The number of rotatable bonds is 7. The van der Waals surface area contributed by atoms with Crippen LogP contribution in [0.1, 0.15) is 45.1 Å². The molecule has 0 bridgehead atoms. The van der Waals surface area contributed by atoms with Crippen molar-refractivity contribution >= 4 is 17.7 Å². The highest BCUT2D eigenvalue weighted by Gasteiger charge is 2.45. The van der Waals surface area contributed by atoms with Crippen LogP contribution in [0.4, 0.5) is 0 Å². The number of carbonyl (C=O) groups is 3. The topological polar surface area (TPSA) is 110 Å². The molecule has 0 spiro atoms. The van der Waals surface area contributed by atoms with E-state index in [1.165, 1.54) is 17.2 Å². The second kappa shape index (κ2) is 8.89. The predicted octanol–water partition coefficient (Wildman–Crippen LogP) is 3.63. The van der Waals surface area contributed by atoms with Crippen molar-refractivity contribution in [1.82, 2.24) is 9.88 Å². The van der Waals surface area contributed by atoms with E-state index in [0.29, 0.717) is 16.8 Å². The van der Waals surface area contributed by atoms with Crippen molar-refractivity contribution in [2.75, 3.05) is 6.61 Å². The first kappa shape index (κ1) is 21.0. The number of nitrogens with zero attached hydrogens (tertiary/aromatic N) is 2. The molecule has 2 aromatic heterocycles. The van der Waals surface area contributed by atoms with E-state index in [1.54, 1.807) is 61.7 Å². The summed E-state index contributed by atoms with van der Waals surface area (Å²) in [5, 5.41) is 10.6. The van der Waals surface area contributed by atoms with Crippen LogP contribution in [0, 0.1) is 0 Å². The number of hydrogen-bond acceptors (Lipinski definition) is 7. The van der Waals surface area contributed by atoms with Gasteiger partial charge in [-0.25, -0.2) is 4.79 Å². The summed E-state index contributed by atoms with van der Waals surface area (Å²) in [6, 6.07) is 13.9. The Balaban J connectivity index is 1.68. The molecule has 0 aliphatic carbocycles. The van der Waals surface area contributed by atoms with Gasteiger partial charge in [-0.3, -0.25) is 14.6 Å². The molecule has 1 unspecified atom stereocenters. The van der Waals surface area contributed by atoms with E-state index in [-0.39, 0.29) is 24.5 Å². The number of ketones is 1. The number of furan rings is 1. The largest absolute Gasteiger partial charge is 0.503 e. The van der Waals surface area contributed by atoms with Crippen LogP contribution in [0.25, 0.3) is 0 Å². The van der Waals surface area contributed by atoms with Gasteiger partial charge in [-0.05, 0) is 48.9 Å². The number of Topliss-reactive ketones (excluding diaryl/α,β-unsaturated/α-hetero) is 1. The lowest BCUT2D eigenvalue weighted by Gasteiger charge is -2.26. The predicted molar refractivity (Wildman–Crippen MR) is 113 cm³/mol. The molecule has 1 aliphatic rings. The van der Waals surface area contributed by atoms with Crippen LogP contribution in [0.15, 0.2) is 82.8 Å². The minimum absolute atomic E-state index is 0.0147. The van der Waals surface area contributed by atoms with Gasteiger partial charge in [-0.15, -0.1) is 0 Å². The van der Waals surface area contributed by atoms with Crippen LogP contribution in [-0.4, -0.2) is 39.3 Å². The molecule has 0 saturated carbocycles. The molecule has 32 heavy (non-hydrogen) atoms. The molecule has 1 amide bonds. The van der Waals surface area contributed by atoms with Crippen LogP contribution in [0.5, 0.6) is 0 Å². The second-order valence-electron chi connectivity index (χ2n) is 7.08. The molecule has 162 valence electrons. The van der Waals surface area contributed by atoms with Crippen molar-refractivity contribution in [3.63, 3.8) is 0 Å². The van der Waals surface area contributed by atoms with Gasteiger partial charge in [-0.2, -0.15) is 0 Å². The first-order chi connectivity index (χ1) is 15.5. The summed E-state index contributed by atoms with van der Waals surface area (Å²) in [6.07, 6.45) is 2.90. The van der Waals surface area contributed by atoms with Crippen LogP contribution in [0.2, 0.25) is 0 Å². The highest BCUT2D eigenvalue weighted by atomic mass is 16.5. The van der Waals surface area contributed by atoms with Crippen molar-refractivity contribution in [2.24, 2.45) is 0 Å². The normalized spacial score (nSPS) is 15.8. The van der Waals surface area contributed by atoms with Gasteiger partial charge in [-0.1, -0.05) is 18.2 Å². The Morgan fingerprint density at radius 1 is 1.12 bits per heavy atom. The molecular weight excluding hydrogens is 412 g/mol. The molecule has 0 saturated heterocycles. The van der Waals surface area contributed by atoms with E-state index >= 15 is 0 Å². The number of amides is 1. The van der Waals surface area contributed by atoms with E-state index in [1.807, 2.05) is 0 Å². The number of benzene rings is 1. The maximum atomic E-state index is 13.1. The third kappa shape index (κ3) is 3.90. The zero-order valence-corrected chi connectivity index (χ0v) is 17.2. The van der Waals surface area contributed by atoms with E-state index < -0.39 is 29.5 Å². The summed E-state index contributed by atoms with van der Waals surface area (Å²) in [7, 11) is 0. The zero-order chi connectivity index (χ0) is 22.7. The van der Waals surface area contributed by atoms with Crippen LogP contribution >= 0.6 is 0 Å². The minimum atomic E-state index is -0.897. The Morgan fingerprint density at radius 3 is 2.53 bits per heavy atom. The van der Waals surface area contributed by atoms with Crippen molar-refractivity contribution < 1.29 is 28.6 Å². The van der Waals surface area contributed by atoms with Gasteiger partial charge in [0.1, 0.15) is 6.04 Å². The lowest BCUT2D eigenvalue weighted by molar-refractivity contribution is -0.130. The monoisotopic (exact) mass is 432 g/mol. The fraction of sp³-hybridized carbons (Fsp3) is 0.167. The number of esters is 1. The number of aromatic nitrogens is 1. The van der Waals surface area contributed by atoms with Gasteiger partial charge < -0.3 is 19.2 Å². The summed E-state index contributed by atoms with van der Waals surface area (Å²) in [5.41, 5.74) is 1.43. The van der Waals surface area contributed by atoms with E-state index in [0.717, 1.165) is 0 Å². The van der Waals surface area contributed by atoms with Gasteiger partial charge in [0.05, 0.1) is 29.7 Å². The Hall–Kier alpha value is -4.20. The number of hydrogen-bond donors (Lipinski definition) is 1. The average Bonchev–Trinajstić information content (AvgIpc) is 3.43. The molecule has 1 N–H and O–H groups in total. The Labute approximate surface area is 183 Å². The smallest absolute Gasteiger partial charge is 0.338 e. The fourth-order valence-corrected chi connectivity index (χ4v) is 3.59. The number of ether oxygens (including phenoxy) is 1. The molecule has 8 heteroatoms. The van der Waals surface area contributed by atoms with E-state index in [2.05, 4.69) is 4.98 Å². The summed E-state index contributed by atoms with van der Waals surface area (Å²) in [5.74, 6) is -2.33. The average molecular weight is 432 g/mol. The lowest BCUT2D eigenvalue weighted by Crippen LogP contribution is -2.31. The van der Waals surface area contributed by atoms with Crippen molar-refractivity contribution in [3.8, 4) is 0 Å². The molecule has 1 aliphatic heterocycles. The van der Waals surface area contributed by atoms with Gasteiger partial charge in [0, 0.05) is 12.7 Å². The van der Waals surface area contributed by atoms with Crippen molar-refractivity contribution in [3.05, 3.63) is 101 Å². The first-order valence-corrected chi connectivity index (χ1v) is 10.0. The first-order valence-electron chi connectivity index (χ1n) is 10.0. The molecular formula is C24H20N2O6. The Bertz CT molecular complexity index is 1170. The quantitative estimate of drug-likeness (QED) is 0.448.